The fraction of sp³-hybridized carbons (Fsp3) is 0.391. The Morgan fingerprint density at radius 2 is 1.77 bits per heavy atom. The minimum atomic E-state index is -4.92. The topological polar surface area (TPSA) is 58.6 Å². The number of alkyl halides is 3. The van der Waals surface area contributed by atoms with Crippen LogP contribution in [0.1, 0.15) is 48.5 Å². The lowest BCUT2D eigenvalue weighted by Gasteiger charge is -2.22. The fourth-order valence-corrected chi connectivity index (χ4v) is 3.56. The summed E-state index contributed by atoms with van der Waals surface area (Å²) in [6, 6.07) is 13.3. The number of anilines is 1. The average Bonchev–Trinajstić information content (AvgIpc) is 3.24. The Labute approximate surface area is 179 Å². The molecule has 2 aromatic rings. The highest BCUT2D eigenvalue weighted by Gasteiger charge is 2.41. The first-order valence-electron chi connectivity index (χ1n) is 10.3. The van der Waals surface area contributed by atoms with Crippen molar-refractivity contribution in [3.63, 3.8) is 0 Å². The zero-order valence-corrected chi connectivity index (χ0v) is 17.2. The van der Waals surface area contributed by atoms with Gasteiger partial charge in [-0.25, -0.2) is 0 Å². The summed E-state index contributed by atoms with van der Waals surface area (Å²) in [4.78, 5) is 24.8. The fourth-order valence-electron chi connectivity index (χ4n) is 3.56. The van der Waals surface area contributed by atoms with Crippen LogP contribution in [0.4, 0.5) is 18.9 Å². The number of rotatable bonds is 7. The van der Waals surface area contributed by atoms with Gasteiger partial charge >= 0.3 is 12.1 Å². The summed E-state index contributed by atoms with van der Waals surface area (Å²) < 4.78 is 44.0. The van der Waals surface area contributed by atoms with Crippen molar-refractivity contribution < 1.29 is 27.5 Å². The van der Waals surface area contributed by atoms with Crippen LogP contribution in [0.3, 0.4) is 0 Å². The predicted molar refractivity (Wildman–Crippen MR) is 111 cm³/mol. The Morgan fingerprint density at radius 3 is 2.39 bits per heavy atom. The molecule has 0 unspecified atom stereocenters. The van der Waals surface area contributed by atoms with Crippen molar-refractivity contribution in [1.29, 1.82) is 0 Å². The number of carbonyl (C=O) groups excluding carboxylic acids is 2. The second kappa shape index (κ2) is 9.85. The average molecular weight is 434 g/mol. The molecule has 3 rings (SSSR count). The molecule has 0 heterocycles. The minimum absolute atomic E-state index is 0.0792. The van der Waals surface area contributed by atoms with Crippen molar-refractivity contribution in [2.45, 2.75) is 51.4 Å². The number of benzene rings is 2. The maximum Gasteiger partial charge on any atom is 0.471 e. The normalized spacial score (nSPS) is 14.3. The van der Waals surface area contributed by atoms with Gasteiger partial charge in [-0.3, -0.25) is 9.59 Å². The molecule has 1 aliphatic carbocycles. The largest absolute Gasteiger partial charge is 0.490 e. The summed E-state index contributed by atoms with van der Waals surface area (Å²) in [7, 11) is 0. The SMILES string of the molecule is CCN(Cc1cccc(NC(=O)c2ccc(OC3CCCC3)cc2)c1)C(=O)C(F)(F)F. The van der Waals surface area contributed by atoms with Gasteiger partial charge < -0.3 is 15.0 Å². The Morgan fingerprint density at radius 1 is 1.10 bits per heavy atom. The molecule has 1 fully saturated rings. The molecule has 2 aromatic carbocycles. The lowest BCUT2D eigenvalue weighted by atomic mass is 10.1. The van der Waals surface area contributed by atoms with E-state index in [1.165, 1.54) is 19.8 Å². The number of nitrogens with one attached hydrogen (secondary N) is 1. The van der Waals surface area contributed by atoms with E-state index in [1.807, 2.05) is 0 Å². The lowest BCUT2D eigenvalue weighted by Crippen LogP contribution is -2.40. The van der Waals surface area contributed by atoms with Gasteiger partial charge in [0.05, 0.1) is 6.10 Å². The minimum Gasteiger partial charge on any atom is -0.490 e. The molecule has 31 heavy (non-hydrogen) atoms. The van der Waals surface area contributed by atoms with Crippen LogP contribution < -0.4 is 10.1 Å². The van der Waals surface area contributed by atoms with Crippen LogP contribution in [0.5, 0.6) is 5.75 Å². The second-order valence-corrected chi connectivity index (χ2v) is 7.52. The molecule has 8 heteroatoms. The van der Waals surface area contributed by atoms with Crippen molar-refractivity contribution in [2.75, 3.05) is 11.9 Å². The molecular formula is C23H25F3N2O3. The number of carbonyl (C=O) groups is 2. The first kappa shape index (κ1) is 22.7. The van der Waals surface area contributed by atoms with Gasteiger partial charge in [0.25, 0.3) is 5.91 Å². The number of halogens is 3. The maximum absolute atomic E-state index is 12.7. The summed E-state index contributed by atoms with van der Waals surface area (Å²) in [5.74, 6) is -1.51. The van der Waals surface area contributed by atoms with Crippen LogP contribution in [-0.4, -0.2) is 35.5 Å². The number of hydrogen-bond donors (Lipinski definition) is 1. The molecule has 0 bridgehead atoms. The maximum atomic E-state index is 12.7. The smallest absolute Gasteiger partial charge is 0.471 e. The van der Waals surface area contributed by atoms with E-state index < -0.39 is 12.1 Å². The second-order valence-electron chi connectivity index (χ2n) is 7.52. The molecule has 166 valence electrons. The van der Waals surface area contributed by atoms with Gasteiger partial charge in [-0.1, -0.05) is 12.1 Å². The highest BCUT2D eigenvalue weighted by molar-refractivity contribution is 6.04. The van der Waals surface area contributed by atoms with E-state index in [-0.39, 0.29) is 25.1 Å². The molecule has 2 amide bonds. The first-order valence-corrected chi connectivity index (χ1v) is 10.3. The molecule has 1 N–H and O–H groups in total. The zero-order chi connectivity index (χ0) is 22.4. The van der Waals surface area contributed by atoms with Gasteiger partial charge in [0.2, 0.25) is 0 Å². The van der Waals surface area contributed by atoms with Gasteiger partial charge in [0.1, 0.15) is 5.75 Å². The summed E-state index contributed by atoms with van der Waals surface area (Å²) in [5.41, 5.74) is 1.36. The third kappa shape index (κ3) is 6.23. The molecule has 0 spiro atoms. The highest BCUT2D eigenvalue weighted by atomic mass is 19.4. The van der Waals surface area contributed by atoms with E-state index in [9.17, 15) is 22.8 Å². The van der Waals surface area contributed by atoms with Gasteiger partial charge in [-0.15, -0.1) is 0 Å². The van der Waals surface area contributed by atoms with E-state index in [2.05, 4.69) is 5.32 Å². The summed E-state index contributed by atoms with van der Waals surface area (Å²) in [5, 5.41) is 2.74. The van der Waals surface area contributed by atoms with E-state index in [4.69, 9.17) is 4.74 Å². The van der Waals surface area contributed by atoms with Crippen LogP contribution in [0.2, 0.25) is 0 Å². The predicted octanol–water partition coefficient (Wildman–Crippen LogP) is 5.17. The Kier molecular flexibility index (Phi) is 7.20. The van der Waals surface area contributed by atoms with Crippen molar-refractivity contribution >= 4 is 17.5 Å². The molecule has 1 aliphatic rings. The number of hydrogen-bond acceptors (Lipinski definition) is 3. The van der Waals surface area contributed by atoms with E-state index >= 15 is 0 Å². The summed E-state index contributed by atoms with van der Waals surface area (Å²) in [6.07, 6.45) is -0.259. The quantitative estimate of drug-likeness (QED) is 0.654. The lowest BCUT2D eigenvalue weighted by molar-refractivity contribution is -0.185. The van der Waals surface area contributed by atoms with Crippen molar-refractivity contribution in [3.05, 3.63) is 59.7 Å². The number of nitrogens with zero attached hydrogens (tertiary/aromatic N) is 1. The summed E-state index contributed by atoms with van der Waals surface area (Å²) >= 11 is 0. The van der Waals surface area contributed by atoms with Crippen LogP contribution in [-0.2, 0) is 11.3 Å². The van der Waals surface area contributed by atoms with Crippen molar-refractivity contribution in [1.82, 2.24) is 4.90 Å². The zero-order valence-electron chi connectivity index (χ0n) is 17.2. The van der Waals surface area contributed by atoms with Gasteiger partial charge in [0, 0.05) is 24.3 Å². The Bertz CT molecular complexity index is 907. The van der Waals surface area contributed by atoms with E-state index in [0.29, 0.717) is 21.7 Å². The highest BCUT2D eigenvalue weighted by Crippen LogP contribution is 2.25. The van der Waals surface area contributed by atoms with Crippen LogP contribution >= 0.6 is 0 Å². The molecule has 1 saturated carbocycles. The molecule has 0 aliphatic heterocycles. The number of amides is 2. The third-order valence-corrected chi connectivity index (χ3v) is 5.19. The monoisotopic (exact) mass is 434 g/mol. The molecule has 0 saturated heterocycles. The Hall–Kier alpha value is -3.03. The van der Waals surface area contributed by atoms with Crippen LogP contribution in [0.15, 0.2) is 48.5 Å². The Balaban J connectivity index is 1.62. The number of ether oxygens (including phenoxy) is 1. The van der Waals surface area contributed by atoms with E-state index in [1.54, 1.807) is 48.5 Å². The van der Waals surface area contributed by atoms with Gasteiger partial charge in [0.15, 0.2) is 0 Å². The van der Waals surface area contributed by atoms with Crippen LogP contribution in [0, 0.1) is 0 Å². The van der Waals surface area contributed by atoms with Gasteiger partial charge in [-0.2, -0.15) is 13.2 Å². The summed E-state index contributed by atoms with van der Waals surface area (Å²) in [6.45, 7) is 1.20. The molecule has 0 radical (unpaired) electrons. The van der Waals surface area contributed by atoms with Crippen LogP contribution in [0.25, 0.3) is 0 Å². The standard InChI is InChI=1S/C23H25F3N2O3/c1-2-28(22(30)23(24,25)26)15-16-6-5-7-18(14-16)27-21(29)17-10-12-20(13-11-17)31-19-8-3-4-9-19/h5-7,10-14,19H,2-4,8-9,15H2,1H3,(H,27,29). The molecular weight excluding hydrogens is 409 g/mol. The molecule has 5 nitrogen and oxygen atoms in total. The van der Waals surface area contributed by atoms with Crippen molar-refractivity contribution in [3.8, 4) is 5.75 Å². The third-order valence-electron chi connectivity index (χ3n) is 5.19. The van der Waals surface area contributed by atoms with Crippen molar-refractivity contribution in [2.24, 2.45) is 0 Å². The first-order chi connectivity index (χ1) is 14.8. The molecule has 0 aromatic heterocycles. The van der Waals surface area contributed by atoms with E-state index in [0.717, 1.165) is 18.6 Å². The van der Waals surface area contributed by atoms with Gasteiger partial charge in [-0.05, 0) is 74.6 Å². The molecule has 0 atom stereocenters.